The Labute approximate surface area is 237 Å². The zero-order valence-corrected chi connectivity index (χ0v) is 22.8. The van der Waals surface area contributed by atoms with Crippen LogP contribution in [0.4, 0.5) is 0 Å². The quantitative estimate of drug-likeness (QED) is 0.227. The Kier molecular flexibility index (Phi) is 5.16. The molecule has 0 N–H and O–H groups in total. The van der Waals surface area contributed by atoms with Crippen LogP contribution in [0.3, 0.4) is 0 Å². The number of hydrogen-bond acceptors (Lipinski definition) is 5. The fourth-order valence-electron chi connectivity index (χ4n) is 6.40. The van der Waals surface area contributed by atoms with E-state index in [0.29, 0.717) is 17.5 Å². The van der Waals surface area contributed by atoms with Crippen LogP contribution in [0.5, 0.6) is 0 Å². The molecule has 1 aliphatic carbocycles. The fraction of sp³-hybridized carbons (Fsp3) is 0.111. The van der Waals surface area contributed by atoms with Crippen LogP contribution in [-0.2, 0) is 5.41 Å². The molecular weight excluding hydrogens is 504 g/mol. The summed E-state index contributed by atoms with van der Waals surface area (Å²) in [5, 5.41) is 2.27. The highest BCUT2D eigenvalue weighted by molar-refractivity contribution is 6.09. The van der Waals surface area contributed by atoms with Crippen molar-refractivity contribution in [3.05, 3.63) is 121 Å². The molecule has 1 unspecified atom stereocenters. The van der Waals surface area contributed by atoms with Crippen molar-refractivity contribution in [2.24, 2.45) is 0 Å². The third-order valence-corrected chi connectivity index (χ3v) is 8.53. The molecular formula is C36H26N4O. The molecule has 1 aliphatic rings. The van der Waals surface area contributed by atoms with E-state index in [2.05, 4.69) is 38.1 Å². The second-order valence-electron chi connectivity index (χ2n) is 10.8. The number of pyridine rings is 1. The standard InChI is InChI=1S/C36H26N4O/c1-3-36(2)30-27(25-18-19-26-24-16-10-11-17-29(24)41-32(26)31(25)36)20-37-21-28(30)35-39-33(22-12-6-4-7-13-22)38-34(40-35)23-14-8-5-9-15-23/h4-21H,3H2,1-2H3. The zero-order chi connectivity index (χ0) is 27.6. The lowest BCUT2D eigenvalue weighted by Gasteiger charge is -2.27. The highest BCUT2D eigenvalue weighted by Crippen LogP contribution is 2.56. The number of nitrogens with zero attached hydrogens (tertiary/aromatic N) is 4. The van der Waals surface area contributed by atoms with Gasteiger partial charge in [-0.3, -0.25) is 4.98 Å². The highest BCUT2D eigenvalue weighted by atomic mass is 16.3. The second kappa shape index (κ2) is 8.93. The molecule has 5 nitrogen and oxygen atoms in total. The predicted molar refractivity (Wildman–Crippen MR) is 163 cm³/mol. The van der Waals surface area contributed by atoms with Crippen molar-refractivity contribution >= 4 is 21.9 Å². The van der Waals surface area contributed by atoms with Gasteiger partial charge in [-0.05, 0) is 29.7 Å². The van der Waals surface area contributed by atoms with E-state index in [1.165, 1.54) is 11.1 Å². The third-order valence-electron chi connectivity index (χ3n) is 8.53. The number of aromatic nitrogens is 4. The molecule has 196 valence electrons. The van der Waals surface area contributed by atoms with Gasteiger partial charge >= 0.3 is 0 Å². The molecule has 0 spiro atoms. The van der Waals surface area contributed by atoms with Gasteiger partial charge in [-0.25, -0.2) is 15.0 Å². The van der Waals surface area contributed by atoms with Gasteiger partial charge in [0.05, 0.1) is 0 Å². The number of para-hydroxylation sites is 1. The minimum absolute atomic E-state index is 0.331. The van der Waals surface area contributed by atoms with E-state index in [9.17, 15) is 0 Å². The van der Waals surface area contributed by atoms with Crippen molar-refractivity contribution < 1.29 is 4.42 Å². The molecule has 0 saturated carbocycles. The summed E-state index contributed by atoms with van der Waals surface area (Å²) in [4.78, 5) is 19.7. The van der Waals surface area contributed by atoms with E-state index >= 15 is 0 Å². The Balaban J connectivity index is 1.40. The molecule has 0 aliphatic heterocycles. The van der Waals surface area contributed by atoms with Crippen molar-refractivity contribution in [3.8, 4) is 45.3 Å². The largest absolute Gasteiger partial charge is 0.456 e. The van der Waals surface area contributed by atoms with Gasteiger partial charge < -0.3 is 4.42 Å². The van der Waals surface area contributed by atoms with Crippen molar-refractivity contribution in [2.45, 2.75) is 25.7 Å². The average molecular weight is 531 g/mol. The minimum atomic E-state index is -0.331. The molecule has 7 aromatic rings. The second-order valence-corrected chi connectivity index (χ2v) is 10.8. The van der Waals surface area contributed by atoms with E-state index in [4.69, 9.17) is 24.4 Å². The molecule has 0 amide bonds. The van der Waals surface area contributed by atoms with E-state index in [0.717, 1.165) is 56.2 Å². The summed E-state index contributed by atoms with van der Waals surface area (Å²) in [6.07, 6.45) is 4.76. The lowest BCUT2D eigenvalue weighted by atomic mass is 9.76. The fourth-order valence-corrected chi connectivity index (χ4v) is 6.40. The number of fused-ring (bicyclic) bond motifs is 7. The van der Waals surface area contributed by atoms with Crippen molar-refractivity contribution in [1.82, 2.24) is 19.9 Å². The summed E-state index contributed by atoms with van der Waals surface area (Å²) in [5.74, 6) is 1.90. The van der Waals surface area contributed by atoms with Crippen LogP contribution in [0, 0.1) is 0 Å². The van der Waals surface area contributed by atoms with Crippen LogP contribution < -0.4 is 0 Å². The molecule has 0 saturated heterocycles. The molecule has 8 rings (SSSR count). The smallest absolute Gasteiger partial charge is 0.165 e. The minimum Gasteiger partial charge on any atom is -0.456 e. The van der Waals surface area contributed by atoms with Crippen LogP contribution in [-0.4, -0.2) is 19.9 Å². The summed E-state index contributed by atoms with van der Waals surface area (Å²) in [5.41, 5.74) is 8.98. The van der Waals surface area contributed by atoms with E-state index in [1.54, 1.807) is 0 Å². The molecule has 4 aromatic carbocycles. The molecule has 5 heteroatoms. The van der Waals surface area contributed by atoms with Crippen LogP contribution >= 0.6 is 0 Å². The number of benzene rings is 4. The van der Waals surface area contributed by atoms with Gasteiger partial charge in [0.2, 0.25) is 0 Å². The summed E-state index contributed by atoms with van der Waals surface area (Å²) in [7, 11) is 0. The Morgan fingerprint density at radius 1 is 0.585 bits per heavy atom. The maximum absolute atomic E-state index is 6.56. The van der Waals surface area contributed by atoms with Crippen molar-refractivity contribution in [1.29, 1.82) is 0 Å². The molecule has 3 heterocycles. The van der Waals surface area contributed by atoms with Crippen molar-refractivity contribution in [3.63, 3.8) is 0 Å². The Morgan fingerprint density at radius 3 is 1.88 bits per heavy atom. The lowest BCUT2D eigenvalue weighted by Crippen LogP contribution is -2.21. The van der Waals surface area contributed by atoms with Crippen LogP contribution in [0.2, 0.25) is 0 Å². The molecule has 1 atom stereocenters. The van der Waals surface area contributed by atoms with Crippen LogP contribution in [0.15, 0.2) is 114 Å². The summed E-state index contributed by atoms with van der Waals surface area (Å²) < 4.78 is 6.56. The topological polar surface area (TPSA) is 64.7 Å². The normalized spacial score (nSPS) is 15.8. The van der Waals surface area contributed by atoms with E-state index in [1.807, 2.05) is 85.2 Å². The van der Waals surface area contributed by atoms with Gasteiger partial charge in [0.1, 0.15) is 11.2 Å². The Hall–Kier alpha value is -5.16. The SMILES string of the molecule is CCC1(C)c2c(-c3nc(-c4ccccc4)nc(-c4ccccc4)n3)cncc2-c2ccc3c(oc4ccccc43)c21. The first-order chi connectivity index (χ1) is 20.2. The maximum Gasteiger partial charge on any atom is 0.165 e. The van der Waals surface area contributed by atoms with Gasteiger partial charge in [0.15, 0.2) is 17.5 Å². The first-order valence-corrected chi connectivity index (χ1v) is 14.0. The van der Waals surface area contributed by atoms with E-state index in [-0.39, 0.29) is 5.41 Å². The van der Waals surface area contributed by atoms with Gasteiger partial charge in [0, 0.05) is 56.4 Å². The van der Waals surface area contributed by atoms with E-state index < -0.39 is 0 Å². The molecule has 0 radical (unpaired) electrons. The van der Waals surface area contributed by atoms with Gasteiger partial charge in [-0.15, -0.1) is 0 Å². The third kappa shape index (κ3) is 3.48. The Morgan fingerprint density at radius 2 is 1.20 bits per heavy atom. The Bertz CT molecular complexity index is 2040. The molecule has 3 aromatic heterocycles. The van der Waals surface area contributed by atoms with Crippen molar-refractivity contribution in [2.75, 3.05) is 0 Å². The first kappa shape index (κ1) is 23.7. The summed E-state index contributed by atoms with van der Waals surface area (Å²) >= 11 is 0. The molecule has 0 bridgehead atoms. The zero-order valence-electron chi connectivity index (χ0n) is 22.8. The van der Waals surface area contributed by atoms with Gasteiger partial charge in [-0.2, -0.15) is 0 Å². The monoisotopic (exact) mass is 530 g/mol. The van der Waals surface area contributed by atoms with Gasteiger partial charge in [-0.1, -0.05) is 98.8 Å². The predicted octanol–water partition coefficient (Wildman–Crippen LogP) is 8.86. The highest BCUT2D eigenvalue weighted by Gasteiger charge is 2.43. The maximum atomic E-state index is 6.56. The number of hydrogen-bond donors (Lipinski definition) is 0. The van der Waals surface area contributed by atoms with Crippen LogP contribution in [0.25, 0.3) is 67.2 Å². The molecule has 41 heavy (non-hydrogen) atoms. The first-order valence-electron chi connectivity index (χ1n) is 14.0. The lowest BCUT2D eigenvalue weighted by molar-refractivity contribution is 0.554. The molecule has 0 fully saturated rings. The average Bonchev–Trinajstić information content (AvgIpc) is 3.55. The summed E-state index contributed by atoms with van der Waals surface area (Å²) in [6, 6.07) is 32.8. The van der Waals surface area contributed by atoms with Crippen LogP contribution in [0.1, 0.15) is 31.4 Å². The van der Waals surface area contributed by atoms with Gasteiger partial charge in [0.25, 0.3) is 0 Å². The summed E-state index contributed by atoms with van der Waals surface area (Å²) in [6.45, 7) is 4.55. The number of rotatable bonds is 4. The number of furan rings is 1.